The molecule has 0 unspecified atom stereocenters. The number of hydrogen-bond donors (Lipinski definition) is 0. The largest absolute Gasteiger partial charge is 0.458 e. The Balaban J connectivity index is 1.25. The molecular weight excluding hydrogens is 641 g/mol. The van der Waals surface area contributed by atoms with Gasteiger partial charge in [-0.3, -0.25) is 0 Å². The zero-order valence-electron chi connectivity index (χ0n) is 29.8. The highest BCUT2D eigenvalue weighted by Gasteiger charge is 2.42. The van der Waals surface area contributed by atoms with Crippen molar-refractivity contribution < 1.29 is 4.74 Å². The highest BCUT2D eigenvalue weighted by atomic mass is 16.5. The first kappa shape index (κ1) is 31.2. The lowest BCUT2D eigenvalue weighted by molar-refractivity contribution is 0.487. The van der Waals surface area contributed by atoms with Crippen LogP contribution >= 0.6 is 0 Å². The number of ether oxygens (including phenoxy) is 1. The molecular formula is C50H36BNO. The van der Waals surface area contributed by atoms with Crippen LogP contribution in [0.25, 0.3) is 44.5 Å². The predicted molar refractivity (Wildman–Crippen MR) is 224 cm³/mol. The molecule has 8 aromatic carbocycles. The minimum atomic E-state index is -0.0169. The quantitative estimate of drug-likeness (QED) is 0.168. The Morgan fingerprint density at radius 3 is 1.55 bits per heavy atom. The first-order chi connectivity index (χ1) is 26.1. The van der Waals surface area contributed by atoms with Gasteiger partial charge >= 0.3 is 0 Å². The minimum Gasteiger partial charge on any atom is -0.458 e. The second kappa shape index (κ2) is 12.6. The molecule has 8 aromatic rings. The Morgan fingerprint density at radius 2 is 0.925 bits per heavy atom. The zero-order valence-corrected chi connectivity index (χ0v) is 29.8. The molecule has 0 N–H and O–H groups in total. The molecule has 2 nitrogen and oxygen atoms in total. The summed E-state index contributed by atoms with van der Waals surface area (Å²) in [4.78, 5) is 2.48. The molecule has 0 amide bonds. The molecule has 2 aliphatic heterocycles. The fourth-order valence-corrected chi connectivity index (χ4v) is 8.47. The summed E-state index contributed by atoms with van der Waals surface area (Å²) in [5, 5.41) is 0. The number of aryl methyl sites for hydroxylation is 2. The van der Waals surface area contributed by atoms with Crippen molar-refractivity contribution >= 4 is 40.2 Å². The average Bonchev–Trinajstić information content (AvgIpc) is 3.21. The molecule has 0 saturated carbocycles. The SMILES string of the molecule is Cc1cc(C)cc(-c2cc(-c3ccccc3)ccc2N2c3ccc(-c4ccccc4)cc3B3c4cc(-c5ccccc5)ccc4Oc4cccc2c43)c1. The first-order valence-corrected chi connectivity index (χ1v) is 18.4. The normalized spacial score (nSPS) is 12.4. The summed E-state index contributed by atoms with van der Waals surface area (Å²) in [5.74, 6) is 1.81. The number of anilines is 3. The van der Waals surface area contributed by atoms with Crippen LogP contribution in [0.3, 0.4) is 0 Å². The third-order valence-corrected chi connectivity index (χ3v) is 10.8. The van der Waals surface area contributed by atoms with Crippen LogP contribution in [-0.2, 0) is 0 Å². The lowest BCUT2D eigenvalue weighted by Gasteiger charge is -2.41. The van der Waals surface area contributed by atoms with Crippen molar-refractivity contribution in [1.29, 1.82) is 0 Å². The molecule has 3 heteroatoms. The highest BCUT2D eigenvalue weighted by Crippen LogP contribution is 2.46. The van der Waals surface area contributed by atoms with Crippen molar-refractivity contribution in [2.24, 2.45) is 0 Å². The Morgan fingerprint density at radius 1 is 0.377 bits per heavy atom. The molecule has 0 saturated heterocycles. The van der Waals surface area contributed by atoms with Crippen molar-refractivity contribution in [2.45, 2.75) is 13.8 Å². The van der Waals surface area contributed by atoms with Gasteiger partial charge in [0.25, 0.3) is 6.71 Å². The van der Waals surface area contributed by atoms with Crippen LogP contribution in [0.5, 0.6) is 11.5 Å². The topological polar surface area (TPSA) is 12.5 Å². The van der Waals surface area contributed by atoms with Gasteiger partial charge in [0.05, 0.1) is 5.69 Å². The van der Waals surface area contributed by atoms with Gasteiger partial charge in [0, 0.05) is 16.9 Å². The van der Waals surface area contributed by atoms with E-state index in [0.717, 1.165) is 22.9 Å². The van der Waals surface area contributed by atoms with Crippen LogP contribution in [0.4, 0.5) is 17.1 Å². The van der Waals surface area contributed by atoms with Crippen molar-refractivity contribution in [3.8, 4) is 56.0 Å². The number of hydrogen-bond acceptors (Lipinski definition) is 2. The van der Waals surface area contributed by atoms with E-state index in [4.69, 9.17) is 4.74 Å². The van der Waals surface area contributed by atoms with Gasteiger partial charge in [-0.05, 0) is 106 Å². The molecule has 0 spiro atoms. The third kappa shape index (κ3) is 5.36. The molecule has 0 atom stereocenters. The van der Waals surface area contributed by atoms with E-state index >= 15 is 0 Å². The lowest BCUT2D eigenvalue weighted by atomic mass is 9.34. The second-order valence-electron chi connectivity index (χ2n) is 14.3. The van der Waals surface area contributed by atoms with Gasteiger partial charge in [-0.25, -0.2) is 0 Å². The maximum absolute atomic E-state index is 6.83. The average molecular weight is 678 g/mol. The van der Waals surface area contributed by atoms with Gasteiger partial charge < -0.3 is 9.64 Å². The van der Waals surface area contributed by atoms with Crippen molar-refractivity contribution in [1.82, 2.24) is 0 Å². The van der Waals surface area contributed by atoms with Gasteiger partial charge in [0.1, 0.15) is 11.5 Å². The van der Waals surface area contributed by atoms with Gasteiger partial charge in [0.2, 0.25) is 0 Å². The molecule has 2 heterocycles. The lowest BCUT2D eigenvalue weighted by Crippen LogP contribution is -2.59. The summed E-state index contributed by atoms with van der Waals surface area (Å²) in [6.07, 6.45) is 0. The van der Waals surface area contributed by atoms with Crippen LogP contribution in [-0.4, -0.2) is 6.71 Å². The fourth-order valence-electron chi connectivity index (χ4n) is 8.47. The van der Waals surface area contributed by atoms with Crippen LogP contribution < -0.4 is 26.0 Å². The zero-order chi connectivity index (χ0) is 35.5. The maximum atomic E-state index is 6.83. The van der Waals surface area contributed by atoms with Crippen LogP contribution in [0.1, 0.15) is 11.1 Å². The highest BCUT2D eigenvalue weighted by molar-refractivity contribution is 6.99. The Kier molecular flexibility index (Phi) is 7.40. The van der Waals surface area contributed by atoms with Crippen LogP contribution in [0.2, 0.25) is 0 Å². The van der Waals surface area contributed by atoms with E-state index in [1.807, 2.05) is 0 Å². The van der Waals surface area contributed by atoms with E-state index in [9.17, 15) is 0 Å². The Bertz CT molecular complexity index is 2650. The molecule has 0 fully saturated rings. The molecule has 0 aliphatic carbocycles. The fraction of sp³-hybridized carbons (Fsp3) is 0.0400. The van der Waals surface area contributed by atoms with Gasteiger partial charge in [-0.1, -0.05) is 157 Å². The van der Waals surface area contributed by atoms with Gasteiger partial charge in [-0.15, -0.1) is 0 Å². The standard InChI is InChI=1S/C50H36BNO/c1-33-27-34(2)29-41(28-33)42-30-38(35-13-6-3-7-14-35)21-24-45(42)52-46-25-22-39(36-15-8-4-9-16-36)31-43(46)51-44-32-40(37-17-10-5-11-18-37)23-26-48(44)53-49-20-12-19-47(52)50(49)51/h3-32H,1-2H3. The molecule has 250 valence electrons. The molecule has 0 bridgehead atoms. The predicted octanol–water partition coefficient (Wildman–Crippen LogP) is 11.4. The van der Waals surface area contributed by atoms with Gasteiger partial charge in [0.15, 0.2) is 0 Å². The molecule has 2 aliphatic rings. The number of rotatable bonds is 5. The van der Waals surface area contributed by atoms with Crippen LogP contribution in [0, 0.1) is 13.8 Å². The summed E-state index contributed by atoms with van der Waals surface area (Å²) < 4.78 is 6.83. The maximum Gasteiger partial charge on any atom is 0.256 e. The van der Waals surface area contributed by atoms with Crippen molar-refractivity contribution in [2.75, 3.05) is 4.90 Å². The molecule has 0 radical (unpaired) electrons. The summed E-state index contributed by atoms with van der Waals surface area (Å²) in [6, 6.07) is 66.2. The number of fused-ring (bicyclic) bond motifs is 4. The van der Waals surface area contributed by atoms with E-state index in [-0.39, 0.29) is 6.71 Å². The Hall–Kier alpha value is -6.58. The van der Waals surface area contributed by atoms with Crippen molar-refractivity contribution in [3.63, 3.8) is 0 Å². The number of benzene rings is 8. The second-order valence-corrected chi connectivity index (χ2v) is 14.3. The summed E-state index contributed by atoms with van der Waals surface area (Å²) in [7, 11) is 0. The molecule has 0 aromatic heterocycles. The van der Waals surface area contributed by atoms with Gasteiger partial charge in [-0.2, -0.15) is 0 Å². The smallest absolute Gasteiger partial charge is 0.256 e. The first-order valence-electron chi connectivity index (χ1n) is 18.4. The summed E-state index contributed by atoms with van der Waals surface area (Å²) in [6.45, 7) is 4.36. The summed E-state index contributed by atoms with van der Waals surface area (Å²) >= 11 is 0. The van der Waals surface area contributed by atoms with E-state index in [0.29, 0.717) is 0 Å². The van der Waals surface area contributed by atoms with E-state index < -0.39 is 0 Å². The summed E-state index contributed by atoms with van der Waals surface area (Å²) in [5.41, 5.74) is 19.2. The van der Waals surface area contributed by atoms with E-state index in [1.165, 1.54) is 77.7 Å². The molecule has 10 rings (SSSR count). The minimum absolute atomic E-state index is 0.0169. The van der Waals surface area contributed by atoms with Crippen LogP contribution in [0.15, 0.2) is 182 Å². The van der Waals surface area contributed by atoms with E-state index in [1.54, 1.807) is 0 Å². The van der Waals surface area contributed by atoms with E-state index in [2.05, 4.69) is 201 Å². The monoisotopic (exact) mass is 677 g/mol. The molecule has 53 heavy (non-hydrogen) atoms. The Labute approximate surface area is 311 Å². The van der Waals surface area contributed by atoms with Crippen molar-refractivity contribution in [3.05, 3.63) is 193 Å². The third-order valence-electron chi connectivity index (χ3n) is 10.8. The number of nitrogens with zero attached hydrogens (tertiary/aromatic N) is 1.